The van der Waals surface area contributed by atoms with E-state index in [4.69, 9.17) is 27.9 Å². The van der Waals surface area contributed by atoms with Gasteiger partial charge < -0.3 is 10.1 Å². The Morgan fingerprint density at radius 3 is 2.93 bits per heavy atom. The van der Waals surface area contributed by atoms with E-state index in [0.29, 0.717) is 35.0 Å². The van der Waals surface area contributed by atoms with Crippen molar-refractivity contribution in [2.24, 2.45) is 0 Å². The molecule has 1 aromatic heterocycles. The van der Waals surface area contributed by atoms with E-state index in [1.165, 1.54) is 5.57 Å². The zero-order valence-electron chi connectivity index (χ0n) is 16.0. The Hall–Kier alpha value is -1.89. The Kier molecular flexibility index (Phi) is 4.49. The van der Waals surface area contributed by atoms with Gasteiger partial charge in [0.25, 0.3) is 5.56 Å². The van der Waals surface area contributed by atoms with Crippen LogP contribution in [0.15, 0.2) is 45.7 Å². The molecule has 1 N–H and O–H groups in total. The van der Waals surface area contributed by atoms with Crippen molar-refractivity contribution in [3.8, 4) is 0 Å². The lowest BCUT2D eigenvalue weighted by Gasteiger charge is -2.37. The maximum atomic E-state index is 13.3. The summed E-state index contributed by atoms with van der Waals surface area (Å²) >= 11 is 13.9. The number of hydrogen-bond donors (Lipinski definition) is 1. The Balaban J connectivity index is 1.48. The minimum atomic E-state index is -0.230. The molecule has 1 aromatic carbocycles. The number of fused-ring (bicyclic) bond motifs is 2. The molecule has 3 heterocycles. The van der Waals surface area contributed by atoms with Gasteiger partial charge in [0.15, 0.2) is 0 Å². The molecule has 29 heavy (non-hydrogen) atoms. The first kappa shape index (κ1) is 19.1. The van der Waals surface area contributed by atoms with Gasteiger partial charge in [-0.05, 0) is 37.1 Å². The number of halogens is 2. The lowest BCUT2D eigenvalue weighted by atomic mass is 10.1. The van der Waals surface area contributed by atoms with E-state index in [1.54, 1.807) is 34.8 Å². The fraction of sp³-hybridized carbons (Fsp3) is 0.333. The number of allylic oxidation sites excluding steroid dienone is 1. The van der Waals surface area contributed by atoms with E-state index in [1.807, 2.05) is 6.07 Å². The molecule has 1 aliphatic carbocycles. The third kappa shape index (κ3) is 3.37. The number of ether oxygens (including phenoxy) is 1. The van der Waals surface area contributed by atoms with E-state index in [2.05, 4.69) is 24.1 Å². The van der Waals surface area contributed by atoms with E-state index in [-0.39, 0.29) is 11.2 Å². The van der Waals surface area contributed by atoms with Gasteiger partial charge in [-0.1, -0.05) is 41.0 Å². The second-order valence-corrected chi connectivity index (χ2v) is 9.96. The first-order valence-corrected chi connectivity index (χ1v) is 11.0. The van der Waals surface area contributed by atoms with Crippen molar-refractivity contribution in [1.29, 1.82) is 0 Å². The maximum absolute atomic E-state index is 13.3. The van der Waals surface area contributed by atoms with Crippen molar-refractivity contribution >= 4 is 39.9 Å². The van der Waals surface area contributed by atoms with Crippen molar-refractivity contribution in [2.45, 2.75) is 38.8 Å². The Morgan fingerprint density at radius 1 is 1.31 bits per heavy atom. The molecule has 0 amide bonds. The van der Waals surface area contributed by atoms with Gasteiger partial charge >= 0.3 is 0 Å². The second kappa shape index (κ2) is 6.83. The van der Waals surface area contributed by atoms with Gasteiger partial charge in [0.1, 0.15) is 16.4 Å². The summed E-state index contributed by atoms with van der Waals surface area (Å²) < 4.78 is 7.79. The van der Waals surface area contributed by atoms with Crippen molar-refractivity contribution < 1.29 is 4.74 Å². The smallest absolute Gasteiger partial charge is 0.262 e. The molecular formula is C21H19Cl2N3O2S. The maximum Gasteiger partial charge on any atom is 0.262 e. The highest BCUT2D eigenvalue weighted by atomic mass is 35.5. The van der Waals surface area contributed by atoms with E-state index in [9.17, 15) is 4.79 Å². The highest BCUT2D eigenvalue weighted by molar-refractivity contribution is 8.11. The molecule has 0 spiro atoms. The van der Waals surface area contributed by atoms with Crippen LogP contribution < -0.4 is 10.9 Å². The average Bonchev–Trinajstić information content (AvgIpc) is 3.01. The van der Waals surface area contributed by atoms with Crippen LogP contribution in [0.2, 0.25) is 10.0 Å². The average molecular weight is 448 g/mol. The second-order valence-electron chi connectivity index (χ2n) is 8.09. The molecule has 0 atom stereocenters. The normalized spacial score (nSPS) is 19.3. The molecular weight excluding hydrogens is 429 g/mol. The minimum Gasteiger partial charge on any atom is -0.487 e. The molecule has 8 heteroatoms. The summed E-state index contributed by atoms with van der Waals surface area (Å²) in [6.07, 6.45) is 3.02. The predicted molar refractivity (Wildman–Crippen MR) is 117 cm³/mol. The molecule has 5 rings (SSSR count). The fourth-order valence-corrected chi connectivity index (χ4v) is 5.51. The Bertz CT molecular complexity index is 1170. The third-order valence-corrected chi connectivity index (χ3v) is 7.17. The number of hydrogen-bond acceptors (Lipinski definition) is 5. The van der Waals surface area contributed by atoms with Crippen LogP contribution in [-0.2, 0) is 17.7 Å². The van der Waals surface area contributed by atoms with Gasteiger partial charge in [-0.25, -0.2) is 4.98 Å². The van der Waals surface area contributed by atoms with E-state index >= 15 is 0 Å². The van der Waals surface area contributed by atoms with Crippen molar-refractivity contribution in [3.63, 3.8) is 0 Å². The van der Waals surface area contributed by atoms with E-state index in [0.717, 1.165) is 33.5 Å². The zero-order valence-corrected chi connectivity index (χ0v) is 18.3. The van der Waals surface area contributed by atoms with Crippen LogP contribution in [0, 0.1) is 0 Å². The topological polar surface area (TPSA) is 56.2 Å². The number of benzene rings is 1. The quantitative estimate of drug-likeness (QED) is 0.730. The minimum absolute atomic E-state index is 0.0420. The molecule has 2 aromatic rings. The summed E-state index contributed by atoms with van der Waals surface area (Å²) in [5.74, 6) is 0.964. The highest BCUT2D eigenvalue weighted by Gasteiger charge is 2.37. The molecule has 2 aliphatic heterocycles. The first-order chi connectivity index (χ1) is 13.8. The largest absolute Gasteiger partial charge is 0.487 e. The number of nitrogens with one attached hydrogen (secondary N) is 1. The molecule has 0 fully saturated rings. The monoisotopic (exact) mass is 447 g/mol. The fourth-order valence-electron chi connectivity index (χ4n) is 3.87. The lowest BCUT2D eigenvalue weighted by Crippen LogP contribution is -2.42. The summed E-state index contributed by atoms with van der Waals surface area (Å²) in [6, 6.07) is 5.30. The van der Waals surface area contributed by atoms with E-state index < -0.39 is 0 Å². The van der Waals surface area contributed by atoms with Crippen LogP contribution in [0.3, 0.4) is 0 Å². The van der Waals surface area contributed by atoms with Gasteiger partial charge in [0, 0.05) is 27.8 Å². The summed E-state index contributed by atoms with van der Waals surface area (Å²) in [6.45, 7) is 5.24. The van der Waals surface area contributed by atoms with Gasteiger partial charge in [-0.15, -0.1) is 0 Å². The first-order valence-electron chi connectivity index (χ1n) is 9.39. The predicted octanol–water partition coefficient (Wildman–Crippen LogP) is 4.57. The number of rotatable bonds is 2. The summed E-state index contributed by atoms with van der Waals surface area (Å²) in [7, 11) is 0. The Labute approximate surface area is 182 Å². The molecule has 0 unspecified atom stereocenters. The number of nitrogens with zero attached hydrogens (tertiary/aromatic N) is 2. The van der Waals surface area contributed by atoms with Crippen LogP contribution in [0.25, 0.3) is 4.91 Å². The van der Waals surface area contributed by atoms with Crippen LogP contribution in [0.1, 0.15) is 37.1 Å². The van der Waals surface area contributed by atoms with Gasteiger partial charge in [0.2, 0.25) is 0 Å². The number of aromatic nitrogens is 2. The Morgan fingerprint density at radius 2 is 2.14 bits per heavy atom. The van der Waals surface area contributed by atoms with Crippen LogP contribution in [0.5, 0.6) is 0 Å². The lowest BCUT2D eigenvalue weighted by molar-refractivity contribution is 0.0202. The van der Waals surface area contributed by atoms with Crippen LogP contribution in [0.4, 0.5) is 0 Å². The molecule has 3 aliphatic rings. The molecule has 0 radical (unpaired) electrons. The van der Waals surface area contributed by atoms with Crippen molar-refractivity contribution in [3.05, 3.63) is 78.1 Å². The van der Waals surface area contributed by atoms with Crippen LogP contribution in [-0.4, -0.2) is 21.7 Å². The van der Waals surface area contributed by atoms with Gasteiger partial charge in [-0.3, -0.25) is 9.36 Å². The molecule has 0 bridgehead atoms. The summed E-state index contributed by atoms with van der Waals surface area (Å²) in [5, 5.41) is 5.58. The van der Waals surface area contributed by atoms with Crippen LogP contribution >= 0.6 is 35.0 Å². The molecule has 150 valence electrons. The zero-order chi connectivity index (χ0) is 20.3. The van der Waals surface area contributed by atoms with Gasteiger partial charge in [0.05, 0.1) is 30.7 Å². The standard InChI is InChI=1S/C21H19Cl2N3O2S/c1-21(2)9-24-19-16(28-21)6-12-5-15-17(18(12)29-19)20(27)26(10-25-15)8-11-3-4-13(22)7-14(11)23/h3-4,7,10,24H,5-6,8-9H2,1-2H3. The molecule has 5 nitrogen and oxygen atoms in total. The summed E-state index contributed by atoms with van der Waals surface area (Å²) in [5.41, 5.74) is 3.31. The number of thioether (sulfide) groups is 1. The van der Waals surface area contributed by atoms with Crippen molar-refractivity contribution in [1.82, 2.24) is 14.9 Å². The van der Waals surface area contributed by atoms with Gasteiger partial charge in [-0.2, -0.15) is 0 Å². The summed E-state index contributed by atoms with van der Waals surface area (Å²) in [4.78, 5) is 18.9. The molecule has 0 saturated heterocycles. The third-order valence-electron chi connectivity index (χ3n) is 5.31. The molecule has 0 saturated carbocycles. The highest BCUT2D eigenvalue weighted by Crippen LogP contribution is 2.49. The SMILES string of the molecule is CC1(C)CNC2=C(CC3=C(S2)c2c(ncn(Cc4ccc(Cl)cc4Cl)c2=O)C3)O1. The van der Waals surface area contributed by atoms with Crippen molar-refractivity contribution in [2.75, 3.05) is 6.54 Å².